The minimum Gasteiger partial charge on any atom is -0.354 e. The maximum Gasteiger partial charge on any atom is 0.264 e. The minimum atomic E-state index is -3.99. The van der Waals surface area contributed by atoms with E-state index in [4.69, 9.17) is 23.2 Å². The number of amides is 1. The Kier molecular flexibility index (Phi) is 9.44. The number of benzene rings is 2. The van der Waals surface area contributed by atoms with E-state index in [0.29, 0.717) is 28.3 Å². The third-order valence-corrected chi connectivity index (χ3v) is 8.22. The maximum absolute atomic E-state index is 13.3. The molecule has 33 heavy (non-hydrogen) atoms. The topological polar surface area (TPSA) is 69.7 Å². The molecule has 1 aliphatic rings. The number of carbonyl (C=O) groups excluding carboxylic acids is 1. The molecule has 1 unspecified atom stereocenters. The molecule has 2 aromatic rings. The minimum absolute atomic E-state index is 0.0513. The summed E-state index contributed by atoms with van der Waals surface area (Å²) in [6.45, 7) is 4.41. The molecule has 1 atom stereocenters. The average molecular weight is 513 g/mol. The Labute approximate surface area is 206 Å². The second-order valence-electron chi connectivity index (χ2n) is 8.24. The molecule has 6 nitrogen and oxygen atoms in total. The number of piperidine rings is 1. The molecule has 1 amide bonds. The number of hydrogen-bond donors (Lipinski definition) is 1. The number of nitrogens with one attached hydrogen (secondary N) is 1. The van der Waals surface area contributed by atoms with Crippen molar-refractivity contribution in [2.45, 2.75) is 50.0 Å². The molecule has 9 heteroatoms. The van der Waals surface area contributed by atoms with Crippen molar-refractivity contribution in [1.82, 2.24) is 10.2 Å². The molecule has 0 bridgehead atoms. The second kappa shape index (κ2) is 12.1. The number of nitrogens with zero attached hydrogens (tertiary/aromatic N) is 2. The molecular formula is C24H31Cl2N3O3S. The van der Waals surface area contributed by atoms with E-state index < -0.39 is 10.0 Å². The third kappa shape index (κ3) is 7.09. The van der Waals surface area contributed by atoms with Gasteiger partial charge in [-0.1, -0.05) is 42.6 Å². The van der Waals surface area contributed by atoms with Crippen LogP contribution in [0.5, 0.6) is 0 Å². The lowest BCUT2D eigenvalue weighted by molar-refractivity contribution is -0.119. The van der Waals surface area contributed by atoms with Crippen molar-refractivity contribution in [2.75, 3.05) is 30.5 Å². The summed E-state index contributed by atoms with van der Waals surface area (Å²) < 4.78 is 27.8. The van der Waals surface area contributed by atoms with Crippen LogP contribution in [0.2, 0.25) is 10.0 Å². The van der Waals surface area contributed by atoms with Crippen molar-refractivity contribution in [2.24, 2.45) is 0 Å². The van der Waals surface area contributed by atoms with Crippen LogP contribution in [0.3, 0.4) is 0 Å². The third-order valence-electron chi connectivity index (χ3n) is 5.95. The number of halogens is 2. The van der Waals surface area contributed by atoms with Gasteiger partial charge in [0, 0.05) is 29.2 Å². The van der Waals surface area contributed by atoms with E-state index in [9.17, 15) is 13.2 Å². The average Bonchev–Trinajstić information content (AvgIpc) is 2.80. The Balaban J connectivity index is 1.66. The molecular weight excluding hydrogens is 481 g/mol. The van der Waals surface area contributed by atoms with Gasteiger partial charge in [-0.3, -0.25) is 9.10 Å². The second-order valence-corrected chi connectivity index (χ2v) is 11.0. The van der Waals surface area contributed by atoms with Gasteiger partial charge in [-0.2, -0.15) is 0 Å². The molecule has 2 aromatic carbocycles. The van der Waals surface area contributed by atoms with Gasteiger partial charge in [0.1, 0.15) is 6.54 Å². The van der Waals surface area contributed by atoms with Crippen LogP contribution in [0.25, 0.3) is 0 Å². The molecule has 1 saturated heterocycles. The van der Waals surface area contributed by atoms with Gasteiger partial charge in [-0.25, -0.2) is 8.42 Å². The van der Waals surface area contributed by atoms with Crippen LogP contribution in [0.4, 0.5) is 5.69 Å². The molecule has 1 N–H and O–H groups in total. The van der Waals surface area contributed by atoms with Crippen molar-refractivity contribution in [1.29, 1.82) is 0 Å². The Bertz CT molecular complexity index is 1030. The molecule has 1 aliphatic heterocycles. The molecule has 0 spiro atoms. The monoisotopic (exact) mass is 511 g/mol. The highest BCUT2D eigenvalue weighted by atomic mass is 35.5. The quantitative estimate of drug-likeness (QED) is 0.457. The molecule has 3 rings (SSSR count). The van der Waals surface area contributed by atoms with Crippen molar-refractivity contribution in [3.05, 3.63) is 58.6 Å². The van der Waals surface area contributed by atoms with Crippen LogP contribution < -0.4 is 9.62 Å². The first-order chi connectivity index (χ1) is 15.8. The Morgan fingerprint density at radius 2 is 1.88 bits per heavy atom. The van der Waals surface area contributed by atoms with Crippen molar-refractivity contribution < 1.29 is 13.2 Å². The lowest BCUT2D eigenvalue weighted by Crippen LogP contribution is -2.43. The Morgan fingerprint density at radius 3 is 2.58 bits per heavy atom. The number of anilines is 1. The van der Waals surface area contributed by atoms with Crippen LogP contribution in [-0.2, 0) is 14.8 Å². The first-order valence-corrected chi connectivity index (χ1v) is 13.6. The fraction of sp³-hybridized carbons (Fsp3) is 0.458. The van der Waals surface area contributed by atoms with Crippen LogP contribution in [0.1, 0.15) is 39.0 Å². The predicted octanol–water partition coefficient (Wildman–Crippen LogP) is 4.96. The van der Waals surface area contributed by atoms with Crippen LogP contribution >= 0.6 is 23.2 Å². The summed E-state index contributed by atoms with van der Waals surface area (Å²) in [5, 5.41) is 3.69. The highest BCUT2D eigenvalue weighted by Gasteiger charge is 2.27. The summed E-state index contributed by atoms with van der Waals surface area (Å²) in [6, 6.07) is 13.0. The van der Waals surface area contributed by atoms with Crippen LogP contribution in [0, 0.1) is 0 Å². The first-order valence-electron chi connectivity index (χ1n) is 11.4. The normalized spacial score (nSPS) is 17.0. The van der Waals surface area contributed by atoms with Crippen LogP contribution in [0.15, 0.2) is 53.4 Å². The summed E-state index contributed by atoms with van der Waals surface area (Å²) in [4.78, 5) is 15.3. The largest absolute Gasteiger partial charge is 0.354 e. The number of likely N-dealkylation sites (tertiary alicyclic amines) is 1. The van der Waals surface area contributed by atoms with Crippen molar-refractivity contribution in [3.8, 4) is 0 Å². The van der Waals surface area contributed by atoms with Gasteiger partial charge in [0.15, 0.2) is 0 Å². The summed E-state index contributed by atoms with van der Waals surface area (Å²) in [5.41, 5.74) is 0.326. The molecule has 1 fully saturated rings. The van der Waals surface area contributed by atoms with Crippen LogP contribution in [-0.4, -0.2) is 51.4 Å². The standard InChI is InChI=1S/C24H31Cl2N3O3S/c1-2-21-8-3-4-15-28(21)16-6-14-27-24(30)18-29(22-9-5-7-20(26)17-22)33(31,32)23-12-10-19(25)11-13-23/h5,7,9-13,17,21H,2-4,6,8,14-16,18H2,1H3,(H,27,30). The van der Waals surface area contributed by atoms with Gasteiger partial charge < -0.3 is 10.2 Å². The van der Waals surface area contributed by atoms with Gasteiger partial charge in [-0.05, 0) is 74.7 Å². The maximum atomic E-state index is 13.3. The van der Waals surface area contributed by atoms with E-state index in [1.165, 1.54) is 49.6 Å². The first kappa shape index (κ1) is 25.8. The van der Waals surface area contributed by atoms with Gasteiger partial charge in [0.2, 0.25) is 5.91 Å². The smallest absolute Gasteiger partial charge is 0.264 e. The van der Waals surface area contributed by atoms with E-state index in [-0.39, 0.29) is 17.3 Å². The fourth-order valence-electron chi connectivity index (χ4n) is 4.19. The summed E-state index contributed by atoms with van der Waals surface area (Å²) in [5.74, 6) is -0.363. The number of sulfonamides is 1. The van der Waals surface area contributed by atoms with E-state index >= 15 is 0 Å². The zero-order valence-corrected chi connectivity index (χ0v) is 21.2. The summed E-state index contributed by atoms with van der Waals surface area (Å²) in [6.07, 6.45) is 5.71. The number of rotatable bonds is 10. The SMILES string of the molecule is CCC1CCCCN1CCCNC(=O)CN(c1cccc(Cl)c1)S(=O)(=O)c1ccc(Cl)cc1. The molecule has 0 aliphatic carbocycles. The molecule has 0 saturated carbocycles. The highest BCUT2D eigenvalue weighted by molar-refractivity contribution is 7.92. The zero-order valence-electron chi connectivity index (χ0n) is 18.8. The lowest BCUT2D eigenvalue weighted by atomic mass is 10.00. The van der Waals surface area contributed by atoms with E-state index in [1.807, 2.05) is 0 Å². The molecule has 0 radical (unpaired) electrons. The molecule has 1 heterocycles. The summed E-state index contributed by atoms with van der Waals surface area (Å²) in [7, 11) is -3.99. The van der Waals surface area contributed by atoms with Gasteiger partial charge in [-0.15, -0.1) is 0 Å². The van der Waals surface area contributed by atoms with Gasteiger partial charge >= 0.3 is 0 Å². The Morgan fingerprint density at radius 1 is 1.12 bits per heavy atom. The fourth-order valence-corrected chi connectivity index (χ4v) is 5.92. The number of hydrogen-bond acceptors (Lipinski definition) is 4. The lowest BCUT2D eigenvalue weighted by Gasteiger charge is -2.35. The van der Waals surface area contributed by atoms with E-state index in [1.54, 1.807) is 18.2 Å². The zero-order chi connectivity index (χ0) is 23.8. The van der Waals surface area contributed by atoms with E-state index in [2.05, 4.69) is 17.1 Å². The van der Waals surface area contributed by atoms with Crippen molar-refractivity contribution >= 4 is 44.8 Å². The number of carbonyl (C=O) groups is 1. The summed E-state index contributed by atoms with van der Waals surface area (Å²) >= 11 is 12.0. The molecule has 180 valence electrons. The predicted molar refractivity (Wildman–Crippen MR) is 135 cm³/mol. The highest BCUT2D eigenvalue weighted by Crippen LogP contribution is 2.27. The Hall–Kier alpha value is -1.80. The van der Waals surface area contributed by atoms with Gasteiger partial charge in [0.05, 0.1) is 10.6 Å². The van der Waals surface area contributed by atoms with Gasteiger partial charge in [0.25, 0.3) is 10.0 Å². The van der Waals surface area contributed by atoms with E-state index in [0.717, 1.165) is 30.2 Å². The molecule has 0 aromatic heterocycles. The van der Waals surface area contributed by atoms with Crippen molar-refractivity contribution in [3.63, 3.8) is 0 Å².